The van der Waals surface area contributed by atoms with E-state index in [0.29, 0.717) is 10.3 Å². The van der Waals surface area contributed by atoms with Crippen LogP contribution < -0.4 is 0 Å². The molecule has 1 aromatic carbocycles. The van der Waals surface area contributed by atoms with Crippen LogP contribution in [0.1, 0.15) is 18.2 Å². The molecule has 2 aromatic rings. The minimum absolute atomic E-state index is 0.206. The lowest BCUT2D eigenvalue weighted by molar-refractivity contribution is 0.616. The van der Waals surface area contributed by atoms with Gasteiger partial charge in [-0.15, -0.1) is 0 Å². The summed E-state index contributed by atoms with van der Waals surface area (Å²) in [4.78, 5) is 2.99. The normalized spacial score (nSPS) is 10.7. The van der Waals surface area contributed by atoms with Crippen LogP contribution in [0.2, 0.25) is 0 Å². The monoisotopic (exact) mass is 236 g/mol. The molecular weight excluding hydrogens is 223 g/mol. The number of nitrogens with one attached hydrogen (secondary N) is 1. The number of aromatic amines is 1. The number of nitrogens with zero attached hydrogens (tertiary/aromatic N) is 1. The number of H-pyrrole nitrogens is 1. The summed E-state index contributed by atoms with van der Waals surface area (Å²) in [5.74, 6) is -0.206. The van der Waals surface area contributed by atoms with Crippen LogP contribution in [0.4, 0.5) is 4.39 Å². The van der Waals surface area contributed by atoms with Crippen molar-refractivity contribution in [3.63, 3.8) is 0 Å². The molecule has 0 bridgehead atoms. The number of aromatic nitrogens is 2. The molecule has 0 saturated carbocycles. The molecule has 0 unspecified atom stereocenters. The highest BCUT2D eigenvalue weighted by Gasteiger charge is 2.09. The average Bonchev–Trinajstić information content (AvgIpc) is 2.64. The Labute approximate surface area is 98.7 Å². The quantitative estimate of drug-likeness (QED) is 0.791. The summed E-state index contributed by atoms with van der Waals surface area (Å²) in [6.07, 6.45) is 2.72. The molecule has 1 N–H and O–H groups in total. The van der Waals surface area contributed by atoms with Crippen molar-refractivity contribution in [3.8, 4) is 5.69 Å². The predicted octanol–water partition coefficient (Wildman–Crippen LogP) is 3.54. The van der Waals surface area contributed by atoms with Crippen molar-refractivity contribution in [2.75, 3.05) is 0 Å². The van der Waals surface area contributed by atoms with E-state index >= 15 is 0 Å². The molecule has 0 aliphatic rings. The van der Waals surface area contributed by atoms with Crippen LogP contribution in [0.15, 0.2) is 24.4 Å². The number of hydrogen-bond acceptors (Lipinski definition) is 1. The van der Waals surface area contributed by atoms with Gasteiger partial charge in [-0.2, -0.15) is 0 Å². The first-order chi connectivity index (χ1) is 7.65. The zero-order chi connectivity index (χ0) is 11.7. The standard InChI is InChI=1S/C12H13FN2S/c1-3-9-7-14-12(16)15(9)11-6-4-5-10(13)8(11)2/h4-7H,3H2,1-2H3,(H,14,16). The maximum Gasteiger partial charge on any atom is 0.182 e. The summed E-state index contributed by atoms with van der Waals surface area (Å²) in [6, 6.07) is 5.04. The highest BCUT2D eigenvalue weighted by atomic mass is 32.1. The van der Waals surface area contributed by atoms with Gasteiger partial charge in [0.15, 0.2) is 4.77 Å². The molecule has 16 heavy (non-hydrogen) atoms. The van der Waals surface area contributed by atoms with E-state index in [0.717, 1.165) is 17.8 Å². The van der Waals surface area contributed by atoms with E-state index in [1.54, 1.807) is 13.0 Å². The van der Waals surface area contributed by atoms with Crippen LogP contribution in [0, 0.1) is 17.5 Å². The van der Waals surface area contributed by atoms with Gasteiger partial charge in [0, 0.05) is 17.5 Å². The predicted molar refractivity (Wildman–Crippen MR) is 65.0 cm³/mol. The molecule has 1 aromatic heterocycles. The van der Waals surface area contributed by atoms with E-state index in [1.807, 2.05) is 23.8 Å². The second-order valence-corrected chi connectivity index (χ2v) is 4.04. The maximum absolute atomic E-state index is 13.5. The largest absolute Gasteiger partial charge is 0.337 e. The van der Waals surface area contributed by atoms with E-state index in [9.17, 15) is 4.39 Å². The fourth-order valence-electron chi connectivity index (χ4n) is 1.77. The molecule has 0 fully saturated rings. The van der Waals surface area contributed by atoms with Crippen LogP contribution >= 0.6 is 12.2 Å². The number of halogens is 1. The zero-order valence-electron chi connectivity index (χ0n) is 9.25. The van der Waals surface area contributed by atoms with E-state index in [2.05, 4.69) is 4.98 Å². The molecule has 84 valence electrons. The highest BCUT2D eigenvalue weighted by Crippen LogP contribution is 2.19. The Hall–Kier alpha value is -1.42. The Kier molecular flexibility index (Phi) is 2.92. The second kappa shape index (κ2) is 4.22. The van der Waals surface area contributed by atoms with E-state index in [4.69, 9.17) is 12.2 Å². The molecule has 0 spiro atoms. The lowest BCUT2D eigenvalue weighted by Gasteiger charge is -2.10. The molecule has 0 saturated heterocycles. The molecule has 4 heteroatoms. The van der Waals surface area contributed by atoms with Crippen molar-refractivity contribution in [2.24, 2.45) is 0 Å². The summed E-state index contributed by atoms with van der Waals surface area (Å²) in [5.41, 5.74) is 2.48. The Balaban J connectivity index is 2.72. The van der Waals surface area contributed by atoms with Gasteiger partial charge >= 0.3 is 0 Å². The topological polar surface area (TPSA) is 20.7 Å². The number of aryl methyl sites for hydroxylation is 1. The molecule has 0 aliphatic heterocycles. The van der Waals surface area contributed by atoms with Crippen molar-refractivity contribution in [1.29, 1.82) is 0 Å². The first kappa shape index (κ1) is 11.1. The van der Waals surface area contributed by atoms with Crippen LogP contribution in [0.3, 0.4) is 0 Å². The first-order valence-electron chi connectivity index (χ1n) is 5.20. The van der Waals surface area contributed by atoms with Crippen molar-refractivity contribution in [1.82, 2.24) is 9.55 Å². The first-order valence-corrected chi connectivity index (χ1v) is 5.60. The summed E-state index contributed by atoms with van der Waals surface area (Å²) in [7, 11) is 0. The van der Waals surface area contributed by atoms with Crippen molar-refractivity contribution in [3.05, 3.63) is 46.2 Å². The Morgan fingerprint density at radius 2 is 2.19 bits per heavy atom. The Bertz CT molecular complexity index is 569. The Morgan fingerprint density at radius 1 is 1.44 bits per heavy atom. The van der Waals surface area contributed by atoms with Gasteiger partial charge in [0.25, 0.3) is 0 Å². The van der Waals surface area contributed by atoms with Crippen LogP contribution in [0.25, 0.3) is 5.69 Å². The number of benzene rings is 1. The summed E-state index contributed by atoms with van der Waals surface area (Å²) < 4.78 is 16.0. The van der Waals surface area contributed by atoms with Gasteiger partial charge in [0.05, 0.1) is 5.69 Å². The molecule has 2 rings (SSSR count). The minimum Gasteiger partial charge on any atom is -0.337 e. The molecular formula is C12H13FN2S. The molecule has 2 nitrogen and oxygen atoms in total. The van der Waals surface area contributed by atoms with Crippen LogP contribution in [0.5, 0.6) is 0 Å². The fraction of sp³-hybridized carbons (Fsp3) is 0.250. The second-order valence-electron chi connectivity index (χ2n) is 3.66. The van der Waals surface area contributed by atoms with Gasteiger partial charge in [0.2, 0.25) is 0 Å². The third-order valence-corrected chi connectivity index (χ3v) is 3.00. The third-order valence-electron chi connectivity index (χ3n) is 2.69. The van der Waals surface area contributed by atoms with Gasteiger partial charge in [0.1, 0.15) is 5.82 Å². The summed E-state index contributed by atoms with van der Waals surface area (Å²) in [5, 5.41) is 0. The molecule has 0 aliphatic carbocycles. The third kappa shape index (κ3) is 1.69. The summed E-state index contributed by atoms with van der Waals surface area (Å²) >= 11 is 5.21. The SMILES string of the molecule is CCc1c[nH]c(=S)n1-c1cccc(F)c1C. The fourth-order valence-corrected chi connectivity index (χ4v) is 2.04. The number of rotatable bonds is 2. The van der Waals surface area contributed by atoms with Crippen molar-refractivity contribution < 1.29 is 4.39 Å². The molecule has 0 amide bonds. The minimum atomic E-state index is -0.206. The van der Waals surface area contributed by atoms with Gasteiger partial charge < -0.3 is 4.98 Å². The van der Waals surface area contributed by atoms with E-state index in [1.165, 1.54) is 6.07 Å². The van der Waals surface area contributed by atoms with E-state index in [-0.39, 0.29) is 5.82 Å². The lowest BCUT2D eigenvalue weighted by atomic mass is 10.2. The van der Waals surface area contributed by atoms with E-state index < -0.39 is 0 Å². The Morgan fingerprint density at radius 3 is 2.88 bits per heavy atom. The van der Waals surface area contributed by atoms with Crippen molar-refractivity contribution >= 4 is 12.2 Å². The number of hydrogen-bond donors (Lipinski definition) is 1. The maximum atomic E-state index is 13.5. The van der Waals surface area contributed by atoms with Crippen LogP contribution in [-0.4, -0.2) is 9.55 Å². The van der Waals surface area contributed by atoms with Crippen molar-refractivity contribution in [2.45, 2.75) is 20.3 Å². The van der Waals surface area contributed by atoms with Gasteiger partial charge in [-0.25, -0.2) is 4.39 Å². The average molecular weight is 236 g/mol. The van der Waals surface area contributed by atoms with Gasteiger partial charge in [-0.05, 0) is 37.7 Å². The molecule has 0 radical (unpaired) electrons. The smallest absolute Gasteiger partial charge is 0.182 e. The molecule has 1 heterocycles. The zero-order valence-corrected chi connectivity index (χ0v) is 10.1. The lowest BCUT2D eigenvalue weighted by Crippen LogP contribution is -2.02. The highest BCUT2D eigenvalue weighted by molar-refractivity contribution is 7.71. The molecule has 0 atom stereocenters. The summed E-state index contributed by atoms with van der Waals surface area (Å²) in [6.45, 7) is 3.81. The van der Waals surface area contributed by atoms with Crippen LogP contribution in [-0.2, 0) is 6.42 Å². The number of imidazole rings is 1. The van der Waals surface area contributed by atoms with Gasteiger partial charge in [-0.1, -0.05) is 13.0 Å². The van der Waals surface area contributed by atoms with Gasteiger partial charge in [-0.3, -0.25) is 4.57 Å².